The molecule has 0 aromatic heterocycles. The molecule has 0 spiro atoms. The lowest BCUT2D eigenvalue weighted by Crippen LogP contribution is -1.95. The summed E-state index contributed by atoms with van der Waals surface area (Å²) in [6.07, 6.45) is 3.22. The van der Waals surface area contributed by atoms with Crippen molar-refractivity contribution in [1.82, 2.24) is 0 Å². The fourth-order valence-corrected chi connectivity index (χ4v) is 2.14. The maximum atomic E-state index is 9.23. The zero-order valence-corrected chi connectivity index (χ0v) is 10.2. The van der Waals surface area contributed by atoms with Gasteiger partial charge in [0.15, 0.2) is 0 Å². The molecule has 0 N–H and O–H groups in total. The highest BCUT2D eigenvalue weighted by Crippen LogP contribution is 2.25. The summed E-state index contributed by atoms with van der Waals surface area (Å²) in [6.45, 7) is 2.16. The summed E-state index contributed by atoms with van der Waals surface area (Å²) < 4.78 is 0. The first-order valence-corrected chi connectivity index (χ1v) is 6.23. The molecule has 17 heavy (non-hydrogen) atoms. The first-order valence-electron chi connectivity index (χ1n) is 6.23. The minimum absolute atomic E-state index is 0.0413. The Morgan fingerprint density at radius 2 is 1.88 bits per heavy atom. The fraction of sp³-hybridized carbons (Fsp3) is 0.312. The Kier molecular flexibility index (Phi) is 3.77. The lowest BCUT2D eigenvalue weighted by molar-refractivity contribution is 0.671. The Labute approximate surface area is 103 Å². The van der Waals surface area contributed by atoms with Gasteiger partial charge in [0.1, 0.15) is 0 Å². The number of nitrogens with zero attached hydrogens (tertiary/aromatic N) is 1. The summed E-state index contributed by atoms with van der Waals surface area (Å²) >= 11 is 0. The molecule has 0 heterocycles. The van der Waals surface area contributed by atoms with Crippen molar-refractivity contribution >= 4 is 10.8 Å². The Morgan fingerprint density at radius 1 is 1.12 bits per heavy atom. The van der Waals surface area contributed by atoms with Crippen LogP contribution in [0, 0.1) is 11.3 Å². The van der Waals surface area contributed by atoms with E-state index < -0.39 is 0 Å². The quantitative estimate of drug-likeness (QED) is 0.741. The highest BCUT2D eigenvalue weighted by atomic mass is 14.3. The van der Waals surface area contributed by atoms with Crippen molar-refractivity contribution in [3.63, 3.8) is 0 Å². The lowest BCUT2D eigenvalue weighted by atomic mass is 9.93. The molecule has 0 bridgehead atoms. The Hall–Kier alpha value is -1.81. The zero-order chi connectivity index (χ0) is 12.1. The van der Waals surface area contributed by atoms with Crippen molar-refractivity contribution in [2.75, 3.05) is 0 Å². The lowest BCUT2D eigenvalue weighted by Gasteiger charge is -2.09. The van der Waals surface area contributed by atoms with Crippen LogP contribution in [0.25, 0.3) is 10.8 Å². The number of nitriles is 1. The van der Waals surface area contributed by atoms with E-state index in [2.05, 4.69) is 43.3 Å². The van der Waals surface area contributed by atoms with Crippen molar-refractivity contribution < 1.29 is 0 Å². The van der Waals surface area contributed by atoms with Crippen LogP contribution in [-0.2, 0) is 0 Å². The molecule has 1 unspecified atom stereocenters. The van der Waals surface area contributed by atoms with Gasteiger partial charge in [-0.05, 0) is 28.8 Å². The second-order valence-electron chi connectivity index (χ2n) is 4.43. The molecule has 0 aliphatic rings. The van der Waals surface area contributed by atoms with Crippen molar-refractivity contribution in [3.8, 4) is 6.07 Å². The number of hydrogen-bond acceptors (Lipinski definition) is 1. The summed E-state index contributed by atoms with van der Waals surface area (Å²) in [5.74, 6) is 0.0413. The number of fused-ring (bicyclic) bond motifs is 1. The predicted octanol–water partition coefficient (Wildman–Crippen LogP) is 4.64. The van der Waals surface area contributed by atoms with Gasteiger partial charge in [-0.25, -0.2) is 0 Å². The van der Waals surface area contributed by atoms with E-state index in [0.717, 1.165) is 24.8 Å². The normalized spacial score (nSPS) is 12.2. The van der Waals surface area contributed by atoms with Gasteiger partial charge in [0.05, 0.1) is 12.0 Å². The fourth-order valence-electron chi connectivity index (χ4n) is 2.14. The van der Waals surface area contributed by atoms with Gasteiger partial charge < -0.3 is 0 Å². The van der Waals surface area contributed by atoms with Gasteiger partial charge in [-0.3, -0.25) is 0 Å². The Morgan fingerprint density at radius 3 is 2.59 bits per heavy atom. The topological polar surface area (TPSA) is 23.8 Å². The Bertz CT molecular complexity index is 536. The van der Waals surface area contributed by atoms with Crippen LogP contribution in [0.4, 0.5) is 0 Å². The molecule has 0 fully saturated rings. The molecule has 1 atom stereocenters. The second kappa shape index (κ2) is 5.50. The SMILES string of the molecule is CCCCC(C#N)c1ccc2ccccc2c1. The largest absolute Gasteiger partial charge is 0.198 e. The third-order valence-electron chi connectivity index (χ3n) is 3.18. The van der Waals surface area contributed by atoms with E-state index in [1.165, 1.54) is 10.8 Å². The molecule has 1 nitrogen and oxygen atoms in total. The Balaban J connectivity index is 2.31. The smallest absolute Gasteiger partial charge is 0.0713 e. The third-order valence-corrected chi connectivity index (χ3v) is 3.18. The molecular formula is C16H17N. The van der Waals surface area contributed by atoms with Gasteiger partial charge in [0.25, 0.3) is 0 Å². The molecule has 0 aliphatic carbocycles. The molecule has 0 aliphatic heterocycles. The van der Waals surface area contributed by atoms with Crippen molar-refractivity contribution in [3.05, 3.63) is 48.0 Å². The first kappa shape index (κ1) is 11.7. The molecule has 1 heteroatoms. The average Bonchev–Trinajstić information content (AvgIpc) is 2.39. The molecular weight excluding hydrogens is 206 g/mol. The molecule has 0 saturated carbocycles. The van der Waals surface area contributed by atoms with Gasteiger partial charge in [-0.2, -0.15) is 5.26 Å². The molecule has 2 aromatic carbocycles. The van der Waals surface area contributed by atoms with E-state index >= 15 is 0 Å². The highest BCUT2D eigenvalue weighted by molar-refractivity contribution is 5.83. The van der Waals surface area contributed by atoms with Crippen molar-refractivity contribution in [1.29, 1.82) is 5.26 Å². The number of rotatable bonds is 4. The van der Waals surface area contributed by atoms with Gasteiger partial charge >= 0.3 is 0 Å². The number of unbranched alkanes of at least 4 members (excludes halogenated alkanes) is 1. The molecule has 0 amide bonds. The molecule has 2 aromatic rings. The summed E-state index contributed by atoms with van der Waals surface area (Å²) in [5.41, 5.74) is 1.15. The molecule has 86 valence electrons. The minimum atomic E-state index is 0.0413. The number of hydrogen-bond donors (Lipinski definition) is 0. The average molecular weight is 223 g/mol. The maximum Gasteiger partial charge on any atom is 0.0713 e. The van der Waals surface area contributed by atoms with Gasteiger partial charge in [-0.1, -0.05) is 56.2 Å². The van der Waals surface area contributed by atoms with Crippen LogP contribution in [0.3, 0.4) is 0 Å². The van der Waals surface area contributed by atoms with Crippen LogP contribution in [0.5, 0.6) is 0 Å². The van der Waals surface area contributed by atoms with Crippen LogP contribution >= 0.6 is 0 Å². The summed E-state index contributed by atoms with van der Waals surface area (Å²) in [6, 6.07) is 17.1. The van der Waals surface area contributed by atoms with Gasteiger partial charge in [-0.15, -0.1) is 0 Å². The number of benzene rings is 2. The summed E-state index contributed by atoms with van der Waals surface area (Å²) in [7, 11) is 0. The van der Waals surface area contributed by atoms with Crippen LogP contribution in [0.1, 0.15) is 37.7 Å². The molecule has 0 radical (unpaired) electrons. The first-order chi connectivity index (χ1) is 8.35. The highest BCUT2D eigenvalue weighted by Gasteiger charge is 2.09. The predicted molar refractivity (Wildman–Crippen MR) is 71.8 cm³/mol. The monoisotopic (exact) mass is 223 g/mol. The zero-order valence-electron chi connectivity index (χ0n) is 10.2. The summed E-state index contributed by atoms with van der Waals surface area (Å²) in [4.78, 5) is 0. The van der Waals surface area contributed by atoms with E-state index in [0.29, 0.717) is 0 Å². The van der Waals surface area contributed by atoms with Gasteiger partial charge in [0.2, 0.25) is 0 Å². The van der Waals surface area contributed by atoms with Crippen molar-refractivity contribution in [2.45, 2.75) is 32.1 Å². The van der Waals surface area contributed by atoms with Gasteiger partial charge in [0, 0.05) is 0 Å². The molecule has 2 rings (SSSR count). The van der Waals surface area contributed by atoms with Crippen molar-refractivity contribution in [2.24, 2.45) is 0 Å². The second-order valence-corrected chi connectivity index (χ2v) is 4.43. The van der Waals surface area contributed by atoms with E-state index in [4.69, 9.17) is 0 Å². The summed E-state index contributed by atoms with van der Waals surface area (Å²) in [5, 5.41) is 11.7. The maximum absolute atomic E-state index is 9.23. The third kappa shape index (κ3) is 2.65. The van der Waals surface area contributed by atoms with E-state index in [1.54, 1.807) is 0 Å². The standard InChI is InChI=1S/C16H17N/c1-2-3-6-16(12-17)15-10-9-13-7-4-5-8-14(13)11-15/h4-5,7-11,16H,2-3,6H2,1H3. The van der Waals surface area contributed by atoms with Crippen LogP contribution in [-0.4, -0.2) is 0 Å². The van der Waals surface area contributed by atoms with Crippen LogP contribution in [0.15, 0.2) is 42.5 Å². The molecule has 0 saturated heterocycles. The van der Waals surface area contributed by atoms with E-state index in [9.17, 15) is 5.26 Å². The minimum Gasteiger partial charge on any atom is -0.198 e. The van der Waals surface area contributed by atoms with Crippen LogP contribution in [0.2, 0.25) is 0 Å². The van der Waals surface area contributed by atoms with E-state index in [1.807, 2.05) is 12.1 Å². The van der Waals surface area contributed by atoms with E-state index in [-0.39, 0.29) is 5.92 Å². The van der Waals surface area contributed by atoms with Crippen LogP contribution < -0.4 is 0 Å².